The minimum absolute atomic E-state index is 0.0626. The first-order chi connectivity index (χ1) is 15.1. The van der Waals surface area contributed by atoms with Crippen molar-refractivity contribution < 1.29 is 9.59 Å². The predicted octanol–water partition coefficient (Wildman–Crippen LogP) is 5.98. The fourth-order valence-electron chi connectivity index (χ4n) is 3.80. The van der Waals surface area contributed by atoms with Gasteiger partial charge in [0.2, 0.25) is 5.91 Å². The number of benzene rings is 3. The summed E-state index contributed by atoms with van der Waals surface area (Å²) >= 11 is 1.64. The van der Waals surface area contributed by atoms with E-state index in [0.717, 1.165) is 35.3 Å². The fourth-order valence-corrected chi connectivity index (χ4v) is 4.97. The number of aryl methyl sites for hydroxylation is 2. The molecule has 0 radical (unpaired) electrons. The highest BCUT2D eigenvalue weighted by atomic mass is 32.2. The van der Waals surface area contributed by atoms with Crippen molar-refractivity contribution in [2.75, 3.05) is 16.0 Å². The molecule has 0 unspecified atom stereocenters. The Labute approximate surface area is 187 Å². The molecule has 1 heterocycles. The second-order valence-corrected chi connectivity index (χ2v) is 8.82. The van der Waals surface area contributed by atoms with Crippen LogP contribution in [0.4, 0.5) is 11.4 Å². The average Bonchev–Trinajstić information content (AvgIpc) is 3.16. The molecule has 4 nitrogen and oxygen atoms in total. The Hall–Kier alpha value is -3.05. The van der Waals surface area contributed by atoms with Gasteiger partial charge in [0.25, 0.3) is 5.91 Å². The number of carbonyl (C=O) groups is 2. The molecule has 1 aliphatic rings. The molecule has 3 aromatic rings. The largest absolute Gasteiger partial charge is 0.322 e. The third-order valence-corrected chi connectivity index (χ3v) is 6.62. The highest BCUT2D eigenvalue weighted by molar-refractivity contribution is 8.00. The first kappa shape index (κ1) is 21.2. The molecule has 0 saturated carbocycles. The zero-order valence-electron chi connectivity index (χ0n) is 17.8. The molecular weight excluding hydrogens is 404 g/mol. The first-order valence-corrected chi connectivity index (χ1v) is 11.6. The van der Waals surface area contributed by atoms with E-state index in [1.807, 2.05) is 78.6 Å². The molecule has 1 atom stereocenters. The number of anilines is 2. The number of carbonyl (C=O) groups excluding carboxylic acids is 2. The maximum atomic E-state index is 12.8. The van der Waals surface area contributed by atoms with Crippen molar-refractivity contribution in [2.24, 2.45) is 0 Å². The van der Waals surface area contributed by atoms with Gasteiger partial charge >= 0.3 is 0 Å². The van der Waals surface area contributed by atoms with Crippen LogP contribution in [0.3, 0.4) is 0 Å². The minimum atomic E-state index is -0.131. The Morgan fingerprint density at radius 2 is 1.74 bits per heavy atom. The second-order valence-electron chi connectivity index (χ2n) is 7.75. The van der Waals surface area contributed by atoms with Crippen molar-refractivity contribution in [1.82, 2.24) is 0 Å². The van der Waals surface area contributed by atoms with Crippen LogP contribution in [-0.4, -0.2) is 17.6 Å². The van der Waals surface area contributed by atoms with Gasteiger partial charge in [-0.05, 0) is 54.8 Å². The Kier molecular flexibility index (Phi) is 6.42. The quantitative estimate of drug-likeness (QED) is 0.523. The Balaban J connectivity index is 1.53. The molecule has 0 spiro atoms. The zero-order chi connectivity index (χ0) is 21.8. The lowest BCUT2D eigenvalue weighted by Crippen LogP contribution is -2.28. The molecule has 0 aromatic heterocycles. The molecular formula is C26H26N2O2S. The van der Waals surface area contributed by atoms with Crippen LogP contribution in [0.1, 0.15) is 45.8 Å². The Morgan fingerprint density at radius 3 is 2.45 bits per heavy atom. The fraction of sp³-hybridized carbons (Fsp3) is 0.231. The summed E-state index contributed by atoms with van der Waals surface area (Å²) in [5.74, 6) is 0.473. The molecule has 31 heavy (non-hydrogen) atoms. The maximum Gasteiger partial charge on any atom is 0.255 e. The van der Waals surface area contributed by atoms with Crippen LogP contribution in [0, 0.1) is 6.92 Å². The number of hydrogen-bond donors (Lipinski definition) is 1. The summed E-state index contributed by atoms with van der Waals surface area (Å²) in [6.45, 7) is 4.15. The number of nitrogens with zero attached hydrogens (tertiary/aromatic N) is 1. The maximum absolute atomic E-state index is 12.8. The summed E-state index contributed by atoms with van der Waals surface area (Å²) in [5, 5.41) is 2.88. The topological polar surface area (TPSA) is 49.4 Å². The van der Waals surface area contributed by atoms with Gasteiger partial charge in [-0.1, -0.05) is 61.4 Å². The van der Waals surface area contributed by atoms with E-state index >= 15 is 0 Å². The van der Waals surface area contributed by atoms with Gasteiger partial charge in [0.15, 0.2) is 0 Å². The third-order valence-electron chi connectivity index (χ3n) is 5.41. The minimum Gasteiger partial charge on any atom is -0.322 e. The van der Waals surface area contributed by atoms with Gasteiger partial charge in [-0.15, -0.1) is 11.8 Å². The number of rotatable bonds is 6. The molecule has 1 N–H and O–H groups in total. The SMILES string of the molecule is CCCc1ccccc1N1C(=O)CS[C@H]1c1ccc(NC(=O)c2ccc(C)cc2)cc1. The highest BCUT2D eigenvalue weighted by Crippen LogP contribution is 2.43. The first-order valence-electron chi connectivity index (χ1n) is 10.6. The van der Waals surface area contributed by atoms with Crippen LogP contribution in [0.2, 0.25) is 0 Å². The normalized spacial score (nSPS) is 15.9. The molecule has 3 aromatic carbocycles. The number of para-hydroxylation sites is 1. The Bertz CT molecular complexity index is 1080. The standard InChI is InChI=1S/C26H26N2O2S/c1-3-6-19-7-4-5-8-23(19)28-24(29)17-31-26(28)21-13-15-22(16-14-21)27-25(30)20-11-9-18(2)10-12-20/h4-5,7-16,26H,3,6,17H2,1-2H3,(H,27,30)/t26-/m0/s1. The summed E-state index contributed by atoms with van der Waals surface area (Å²) in [5.41, 5.74) is 5.74. The monoisotopic (exact) mass is 430 g/mol. The molecule has 0 bridgehead atoms. The van der Waals surface area contributed by atoms with E-state index in [1.54, 1.807) is 11.8 Å². The number of amides is 2. The van der Waals surface area contributed by atoms with Crippen molar-refractivity contribution in [3.63, 3.8) is 0 Å². The number of hydrogen-bond acceptors (Lipinski definition) is 3. The number of thioether (sulfide) groups is 1. The molecule has 5 heteroatoms. The molecule has 158 valence electrons. The second kappa shape index (κ2) is 9.40. The lowest BCUT2D eigenvalue weighted by molar-refractivity contribution is -0.115. The van der Waals surface area contributed by atoms with E-state index in [4.69, 9.17) is 0 Å². The predicted molar refractivity (Wildman–Crippen MR) is 129 cm³/mol. The Morgan fingerprint density at radius 1 is 1.03 bits per heavy atom. The van der Waals surface area contributed by atoms with Crippen LogP contribution in [-0.2, 0) is 11.2 Å². The van der Waals surface area contributed by atoms with Gasteiger partial charge in [0.1, 0.15) is 5.37 Å². The van der Waals surface area contributed by atoms with Gasteiger partial charge in [-0.2, -0.15) is 0 Å². The third kappa shape index (κ3) is 4.67. The van der Waals surface area contributed by atoms with Gasteiger partial charge < -0.3 is 5.32 Å². The lowest BCUT2D eigenvalue weighted by Gasteiger charge is -2.26. The molecule has 4 rings (SSSR count). The average molecular weight is 431 g/mol. The summed E-state index contributed by atoms with van der Waals surface area (Å²) in [7, 11) is 0. The van der Waals surface area contributed by atoms with Crippen LogP contribution in [0.5, 0.6) is 0 Å². The molecule has 1 saturated heterocycles. The van der Waals surface area contributed by atoms with Crippen LogP contribution >= 0.6 is 11.8 Å². The zero-order valence-corrected chi connectivity index (χ0v) is 18.6. The van der Waals surface area contributed by atoms with E-state index in [1.165, 1.54) is 5.56 Å². The van der Waals surface area contributed by atoms with Crippen LogP contribution in [0.25, 0.3) is 0 Å². The van der Waals surface area contributed by atoms with Crippen LogP contribution < -0.4 is 10.2 Å². The van der Waals surface area contributed by atoms with Crippen molar-refractivity contribution in [2.45, 2.75) is 32.1 Å². The summed E-state index contributed by atoms with van der Waals surface area (Å²) < 4.78 is 0. The van der Waals surface area contributed by atoms with E-state index in [-0.39, 0.29) is 17.2 Å². The molecule has 0 aliphatic carbocycles. The molecule has 2 amide bonds. The van der Waals surface area contributed by atoms with Crippen molar-refractivity contribution in [3.8, 4) is 0 Å². The molecule has 1 aliphatic heterocycles. The van der Waals surface area contributed by atoms with E-state index in [9.17, 15) is 9.59 Å². The molecule has 1 fully saturated rings. The van der Waals surface area contributed by atoms with Crippen LogP contribution in [0.15, 0.2) is 72.8 Å². The van der Waals surface area contributed by atoms with E-state index < -0.39 is 0 Å². The smallest absolute Gasteiger partial charge is 0.255 e. The summed E-state index contributed by atoms with van der Waals surface area (Å²) in [6, 6.07) is 23.5. The van der Waals surface area contributed by atoms with E-state index in [0.29, 0.717) is 11.3 Å². The van der Waals surface area contributed by atoms with Gasteiger partial charge in [-0.3, -0.25) is 14.5 Å². The van der Waals surface area contributed by atoms with Gasteiger partial charge in [0.05, 0.1) is 5.75 Å². The van der Waals surface area contributed by atoms with Crippen molar-refractivity contribution >= 4 is 35.0 Å². The lowest BCUT2D eigenvalue weighted by atomic mass is 10.1. The summed E-state index contributed by atoms with van der Waals surface area (Å²) in [4.78, 5) is 27.2. The summed E-state index contributed by atoms with van der Waals surface area (Å²) in [6.07, 6.45) is 1.98. The van der Waals surface area contributed by atoms with E-state index in [2.05, 4.69) is 18.3 Å². The van der Waals surface area contributed by atoms with Gasteiger partial charge in [0, 0.05) is 16.9 Å². The van der Waals surface area contributed by atoms with Gasteiger partial charge in [-0.25, -0.2) is 0 Å². The van der Waals surface area contributed by atoms with Crippen molar-refractivity contribution in [3.05, 3.63) is 95.1 Å². The number of nitrogens with one attached hydrogen (secondary N) is 1. The van der Waals surface area contributed by atoms with Crippen molar-refractivity contribution in [1.29, 1.82) is 0 Å². The highest BCUT2D eigenvalue weighted by Gasteiger charge is 2.34.